The molecule has 0 atom stereocenters. The van der Waals surface area contributed by atoms with E-state index in [1.165, 1.54) is 16.5 Å². The zero-order valence-electron chi connectivity index (χ0n) is 3.39. The number of nitrogens with one attached hydrogen (secondary N) is 1. The van der Waals surface area contributed by atoms with Crippen LogP contribution in [-0.4, -0.2) is 4.53 Å². The summed E-state index contributed by atoms with van der Waals surface area (Å²) < 4.78 is 1.28. The average molecular weight is 138 g/mol. The summed E-state index contributed by atoms with van der Waals surface area (Å²) in [6.45, 7) is 0. The molecule has 3 N–H and O–H groups in total. The summed E-state index contributed by atoms with van der Waals surface area (Å²) in [7, 11) is 0. The van der Waals surface area contributed by atoms with Crippen molar-refractivity contribution in [3.8, 4) is 0 Å². The summed E-state index contributed by atoms with van der Waals surface area (Å²) >= 11 is 6.64. The van der Waals surface area contributed by atoms with E-state index in [2.05, 4.69) is 4.83 Å². The van der Waals surface area contributed by atoms with E-state index in [1.807, 2.05) is 0 Å². The fourth-order valence-corrected chi connectivity index (χ4v) is 0.931. The fourth-order valence-electron chi connectivity index (χ4n) is 0.261. The molecule has 0 aromatic carbocycles. The van der Waals surface area contributed by atoms with E-state index in [0.29, 0.717) is 5.03 Å². The topological polar surface area (TPSA) is 41.3 Å². The van der Waals surface area contributed by atoms with Crippen LogP contribution in [0.3, 0.4) is 0 Å². The van der Waals surface area contributed by atoms with Gasteiger partial charge in [-0.2, -0.15) is 4.83 Å². The van der Waals surface area contributed by atoms with Gasteiger partial charge in [-0.1, -0.05) is 0 Å². The molecule has 0 unspecified atom stereocenters. The molecule has 5 heteroatoms. The summed E-state index contributed by atoms with van der Waals surface area (Å²) in [4.78, 5) is 2.67. The molecule has 1 rings (SSSR count). The lowest BCUT2D eigenvalue weighted by Gasteiger charge is -1.97. The van der Waals surface area contributed by atoms with Gasteiger partial charge in [-0.25, -0.2) is 4.53 Å². The van der Waals surface area contributed by atoms with Crippen molar-refractivity contribution in [3.63, 3.8) is 0 Å². The van der Waals surface area contributed by atoms with Crippen molar-refractivity contribution < 1.29 is 0 Å². The molecule has 0 bridgehead atoms. The predicted molar refractivity (Wildman–Crippen MR) is 30.7 cm³/mol. The van der Waals surface area contributed by atoms with Crippen molar-refractivity contribution in [2.75, 3.05) is 0 Å². The first-order valence-electron chi connectivity index (χ1n) is 1.64. The van der Waals surface area contributed by atoms with E-state index in [9.17, 15) is 0 Å². The lowest BCUT2D eigenvalue weighted by molar-refractivity contribution is 0.598. The summed E-state index contributed by atoms with van der Waals surface area (Å²) in [5, 5.41) is 0.676. The van der Waals surface area contributed by atoms with E-state index in [4.69, 9.17) is 17.5 Å². The number of rotatable bonds is 0. The van der Waals surface area contributed by atoms with E-state index in [0.717, 1.165) is 0 Å². The Bertz CT molecular complexity index is 103. The maximum atomic E-state index is 5.35. The minimum absolute atomic E-state index is 0.676. The maximum Gasteiger partial charge on any atom is 0.102 e. The van der Waals surface area contributed by atoms with Crippen LogP contribution >= 0.6 is 23.7 Å². The van der Waals surface area contributed by atoms with Gasteiger partial charge < -0.3 is 5.73 Å². The van der Waals surface area contributed by atoms with Gasteiger partial charge in [0.05, 0.1) is 6.20 Å². The van der Waals surface area contributed by atoms with Gasteiger partial charge in [0.15, 0.2) is 0 Å². The number of nitrogens with zero attached hydrogens (tertiary/aromatic N) is 1. The first-order chi connectivity index (χ1) is 3.29. The quantitative estimate of drug-likeness (QED) is 0.374. The van der Waals surface area contributed by atoms with Gasteiger partial charge in [0.25, 0.3) is 0 Å². The molecule has 1 aliphatic rings. The second-order valence-electron chi connectivity index (χ2n) is 1.04. The largest absolute Gasteiger partial charge is 0.391 e. The van der Waals surface area contributed by atoms with E-state index >= 15 is 0 Å². The highest BCUT2D eigenvalue weighted by atomic mass is 35.5. The van der Waals surface area contributed by atoms with Crippen molar-refractivity contribution in [3.05, 3.63) is 11.2 Å². The molecule has 0 aromatic heterocycles. The van der Waals surface area contributed by atoms with Crippen LogP contribution in [0.1, 0.15) is 0 Å². The van der Waals surface area contributed by atoms with Crippen LogP contribution in [0.25, 0.3) is 0 Å². The van der Waals surface area contributed by atoms with Crippen molar-refractivity contribution in [2.24, 2.45) is 5.73 Å². The van der Waals surface area contributed by atoms with E-state index < -0.39 is 0 Å². The van der Waals surface area contributed by atoms with Gasteiger partial charge in [-0.15, -0.1) is 0 Å². The molecule has 0 amide bonds. The summed E-state index contributed by atoms with van der Waals surface area (Å²) in [5.41, 5.74) is 5.26. The number of hydrazine groups is 1. The second-order valence-corrected chi connectivity index (χ2v) is 2.26. The normalized spacial score (nSPS) is 20.1. The Morgan fingerprint density at radius 2 is 2.71 bits per heavy atom. The Morgan fingerprint density at radius 1 is 2.00 bits per heavy atom. The molecular formula is C2H4ClN3S. The Kier molecular flexibility index (Phi) is 1.32. The third-order valence-electron chi connectivity index (χ3n) is 0.491. The summed E-state index contributed by atoms with van der Waals surface area (Å²) in [6, 6.07) is 0. The number of hydrogen-bond acceptors (Lipinski definition) is 4. The molecule has 3 nitrogen and oxygen atoms in total. The average Bonchev–Trinajstić information content (AvgIpc) is 1.87. The Morgan fingerprint density at radius 3 is 2.86 bits per heavy atom. The molecule has 0 aliphatic carbocycles. The minimum Gasteiger partial charge on any atom is -0.391 e. The molecular weight excluding hydrogens is 134 g/mol. The van der Waals surface area contributed by atoms with Crippen LogP contribution in [0, 0.1) is 0 Å². The zero-order valence-corrected chi connectivity index (χ0v) is 4.96. The van der Waals surface area contributed by atoms with Crippen molar-refractivity contribution >= 4 is 23.7 Å². The van der Waals surface area contributed by atoms with Crippen LogP contribution in [0.5, 0.6) is 0 Å². The lowest BCUT2D eigenvalue weighted by Crippen LogP contribution is -2.10. The van der Waals surface area contributed by atoms with Crippen LogP contribution in [0.15, 0.2) is 11.2 Å². The minimum atomic E-state index is 0.676. The molecule has 0 radical (unpaired) electrons. The molecule has 7 heavy (non-hydrogen) atoms. The predicted octanol–water partition coefficient (Wildman–Crippen LogP) is 0.366. The molecule has 1 heterocycles. The van der Waals surface area contributed by atoms with Gasteiger partial charge in [0.1, 0.15) is 5.03 Å². The van der Waals surface area contributed by atoms with Crippen molar-refractivity contribution in [1.29, 1.82) is 0 Å². The molecule has 0 fully saturated rings. The third-order valence-corrected chi connectivity index (χ3v) is 1.40. The molecule has 0 aromatic rings. The lowest BCUT2D eigenvalue weighted by atomic mass is 10.9. The van der Waals surface area contributed by atoms with Gasteiger partial charge in [-0.3, -0.25) is 0 Å². The highest BCUT2D eigenvalue weighted by molar-refractivity contribution is 8.01. The zero-order chi connectivity index (χ0) is 5.28. The third kappa shape index (κ3) is 1.15. The first kappa shape index (κ1) is 5.08. The molecule has 0 saturated carbocycles. The molecule has 0 saturated heterocycles. The molecule has 1 aliphatic heterocycles. The number of halogens is 1. The summed E-state index contributed by atoms with van der Waals surface area (Å²) in [6.07, 6.45) is 1.59. The van der Waals surface area contributed by atoms with Gasteiger partial charge in [0, 0.05) is 11.8 Å². The van der Waals surface area contributed by atoms with Crippen LogP contribution < -0.4 is 10.6 Å². The van der Waals surface area contributed by atoms with Gasteiger partial charge >= 0.3 is 0 Å². The highest BCUT2D eigenvalue weighted by Crippen LogP contribution is 2.14. The number of nitrogens with two attached hydrogens (primary N) is 1. The second kappa shape index (κ2) is 1.81. The van der Waals surface area contributed by atoms with Crippen LogP contribution in [-0.2, 0) is 0 Å². The fraction of sp³-hybridized carbons (Fsp3) is 0. The van der Waals surface area contributed by atoms with Gasteiger partial charge in [-0.05, 0) is 11.9 Å². The molecule has 40 valence electrons. The molecule has 0 spiro atoms. The summed E-state index contributed by atoms with van der Waals surface area (Å²) in [5.74, 6) is 0. The van der Waals surface area contributed by atoms with Crippen molar-refractivity contribution in [2.45, 2.75) is 0 Å². The van der Waals surface area contributed by atoms with E-state index in [-0.39, 0.29) is 0 Å². The Labute approximate surface area is 50.7 Å². The van der Waals surface area contributed by atoms with Crippen LogP contribution in [0.2, 0.25) is 0 Å². The maximum absolute atomic E-state index is 5.35. The monoisotopic (exact) mass is 137 g/mol. The SMILES string of the molecule is NC1=CN(Cl)NS1. The Balaban J connectivity index is 2.50. The van der Waals surface area contributed by atoms with E-state index in [1.54, 1.807) is 6.20 Å². The van der Waals surface area contributed by atoms with Gasteiger partial charge in [0.2, 0.25) is 0 Å². The standard InChI is InChI=1S/C2H4ClN3S/c3-6-1-2(4)7-5-6/h1,5H,4H2. The Hall–Kier alpha value is -0.0600. The number of hydrogen-bond donors (Lipinski definition) is 2. The highest BCUT2D eigenvalue weighted by Gasteiger charge is 2.04. The van der Waals surface area contributed by atoms with Crippen LogP contribution in [0.4, 0.5) is 0 Å². The smallest absolute Gasteiger partial charge is 0.102 e. The van der Waals surface area contributed by atoms with Crippen molar-refractivity contribution in [1.82, 2.24) is 9.36 Å². The first-order valence-corrected chi connectivity index (χ1v) is 2.79.